The van der Waals surface area contributed by atoms with Gasteiger partial charge in [-0.05, 0) is 30.7 Å². The maximum atomic E-state index is 5.72. The first kappa shape index (κ1) is 13.7. The molecule has 1 aliphatic heterocycles. The molecule has 0 saturated carbocycles. The molecule has 2 aromatic carbocycles. The fraction of sp³-hybridized carbons (Fsp3) is 0.294. The van der Waals surface area contributed by atoms with Crippen LogP contribution in [0.25, 0.3) is 0 Å². The molecule has 1 aliphatic rings. The van der Waals surface area contributed by atoms with E-state index in [1.54, 1.807) is 0 Å². The van der Waals surface area contributed by atoms with Crippen LogP contribution in [-0.2, 0) is 0 Å². The zero-order chi connectivity index (χ0) is 13.9. The fourth-order valence-electron chi connectivity index (χ4n) is 2.59. The third-order valence-corrected chi connectivity index (χ3v) is 4.37. The molecule has 0 radical (unpaired) electrons. The van der Waals surface area contributed by atoms with Crippen LogP contribution in [0.5, 0.6) is 5.75 Å². The van der Waals surface area contributed by atoms with Gasteiger partial charge >= 0.3 is 0 Å². The van der Waals surface area contributed by atoms with Crippen molar-refractivity contribution in [1.82, 2.24) is 5.32 Å². The largest absolute Gasteiger partial charge is 0.493 e. The van der Waals surface area contributed by atoms with Gasteiger partial charge in [0, 0.05) is 28.5 Å². The van der Waals surface area contributed by atoms with Gasteiger partial charge in [0.2, 0.25) is 0 Å². The molecule has 0 aliphatic carbocycles. The third-order valence-electron chi connectivity index (χ3n) is 3.84. The van der Waals surface area contributed by atoms with E-state index in [2.05, 4.69) is 64.6 Å². The van der Waals surface area contributed by atoms with Crippen LogP contribution >= 0.6 is 15.9 Å². The van der Waals surface area contributed by atoms with Crippen molar-refractivity contribution < 1.29 is 4.74 Å². The molecule has 2 aromatic rings. The molecular weight excluding hydrogens is 314 g/mol. The molecule has 3 heteroatoms. The molecule has 2 nitrogen and oxygen atoms in total. The number of halogens is 1. The Kier molecular flexibility index (Phi) is 4.08. The second-order valence-corrected chi connectivity index (χ2v) is 6.14. The number of hydrogen-bond acceptors (Lipinski definition) is 2. The number of ether oxygens (including phenoxy) is 1. The smallest absolute Gasteiger partial charge is 0.122 e. The Balaban J connectivity index is 1.62. The lowest BCUT2D eigenvalue weighted by atomic mass is 10.0. The van der Waals surface area contributed by atoms with E-state index in [9.17, 15) is 0 Å². The molecular formula is C17H18BrNO. The fourth-order valence-corrected chi connectivity index (χ4v) is 2.85. The van der Waals surface area contributed by atoms with Gasteiger partial charge in [-0.25, -0.2) is 0 Å². The molecule has 0 amide bonds. The van der Waals surface area contributed by atoms with Crippen molar-refractivity contribution in [2.24, 2.45) is 0 Å². The van der Waals surface area contributed by atoms with Crippen molar-refractivity contribution in [2.45, 2.75) is 18.9 Å². The molecule has 1 heterocycles. The highest BCUT2D eigenvalue weighted by molar-refractivity contribution is 9.10. The molecule has 0 aromatic heterocycles. The van der Waals surface area contributed by atoms with E-state index in [4.69, 9.17) is 4.74 Å². The minimum Gasteiger partial charge on any atom is -0.493 e. The minimum absolute atomic E-state index is 0.343. The zero-order valence-electron chi connectivity index (χ0n) is 11.5. The summed E-state index contributed by atoms with van der Waals surface area (Å²) in [5, 5.41) is 3.61. The summed E-state index contributed by atoms with van der Waals surface area (Å²) in [6.45, 7) is 3.92. The van der Waals surface area contributed by atoms with Crippen LogP contribution in [0.2, 0.25) is 0 Å². The predicted molar refractivity (Wildman–Crippen MR) is 85.2 cm³/mol. The van der Waals surface area contributed by atoms with Gasteiger partial charge in [-0.15, -0.1) is 0 Å². The van der Waals surface area contributed by atoms with Crippen LogP contribution in [0.3, 0.4) is 0 Å². The number of para-hydroxylation sites is 1. The van der Waals surface area contributed by atoms with E-state index in [0.29, 0.717) is 12.0 Å². The number of hydrogen-bond donors (Lipinski definition) is 1. The summed E-state index contributed by atoms with van der Waals surface area (Å²) < 4.78 is 6.84. The van der Waals surface area contributed by atoms with Gasteiger partial charge in [0.05, 0.1) is 6.61 Å². The molecule has 0 bridgehead atoms. The normalized spacial score (nSPS) is 18.4. The zero-order valence-corrected chi connectivity index (χ0v) is 13.1. The SMILES string of the molecule is CC(NCC1COc2ccccc21)c1ccc(Br)cc1. The summed E-state index contributed by atoms with van der Waals surface area (Å²) >= 11 is 3.47. The van der Waals surface area contributed by atoms with E-state index in [1.807, 2.05) is 12.1 Å². The molecule has 1 N–H and O–H groups in total. The van der Waals surface area contributed by atoms with Crippen LogP contribution in [0.1, 0.15) is 30.0 Å². The second-order valence-electron chi connectivity index (χ2n) is 5.23. The number of fused-ring (bicyclic) bond motifs is 1. The first-order valence-electron chi connectivity index (χ1n) is 6.94. The van der Waals surface area contributed by atoms with Gasteiger partial charge in [-0.2, -0.15) is 0 Å². The van der Waals surface area contributed by atoms with Gasteiger partial charge in [0.15, 0.2) is 0 Å². The Morgan fingerprint density at radius 2 is 1.95 bits per heavy atom. The Bertz CT molecular complexity index is 582. The van der Waals surface area contributed by atoms with Gasteiger partial charge in [-0.1, -0.05) is 46.3 Å². The minimum atomic E-state index is 0.343. The quantitative estimate of drug-likeness (QED) is 0.902. The molecule has 2 unspecified atom stereocenters. The first-order valence-corrected chi connectivity index (χ1v) is 7.74. The van der Waals surface area contributed by atoms with Gasteiger partial charge in [0.25, 0.3) is 0 Å². The maximum absolute atomic E-state index is 5.72. The van der Waals surface area contributed by atoms with Crippen LogP contribution < -0.4 is 10.1 Å². The lowest BCUT2D eigenvalue weighted by molar-refractivity contribution is 0.323. The summed E-state index contributed by atoms with van der Waals surface area (Å²) in [7, 11) is 0. The molecule has 3 rings (SSSR count). The summed E-state index contributed by atoms with van der Waals surface area (Å²) in [6.07, 6.45) is 0. The molecule has 104 valence electrons. The highest BCUT2D eigenvalue weighted by Crippen LogP contribution is 2.33. The lowest BCUT2D eigenvalue weighted by Gasteiger charge is -2.17. The summed E-state index contributed by atoms with van der Waals surface area (Å²) in [4.78, 5) is 0. The van der Waals surface area contributed by atoms with E-state index < -0.39 is 0 Å². The summed E-state index contributed by atoms with van der Waals surface area (Å²) in [5.41, 5.74) is 2.63. The Labute approximate surface area is 128 Å². The topological polar surface area (TPSA) is 21.3 Å². The van der Waals surface area contributed by atoms with Crippen LogP contribution in [0, 0.1) is 0 Å². The van der Waals surface area contributed by atoms with Gasteiger partial charge < -0.3 is 10.1 Å². The monoisotopic (exact) mass is 331 g/mol. The Hall–Kier alpha value is -1.32. The number of benzene rings is 2. The average Bonchev–Trinajstić information content (AvgIpc) is 2.89. The van der Waals surface area contributed by atoms with Crippen molar-refractivity contribution in [3.63, 3.8) is 0 Å². The number of nitrogens with one attached hydrogen (secondary N) is 1. The standard InChI is InChI=1S/C17H18BrNO/c1-12(13-6-8-15(18)9-7-13)19-10-14-11-20-17-5-3-2-4-16(14)17/h2-9,12,14,19H,10-11H2,1H3. The summed E-state index contributed by atoms with van der Waals surface area (Å²) in [6, 6.07) is 17.1. The average molecular weight is 332 g/mol. The maximum Gasteiger partial charge on any atom is 0.122 e. The summed E-state index contributed by atoms with van der Waals surface area (Å²) in [5.74, 6) is 1.49. The molecule has 2 atom stereocenters. The van der Waals surface area contributed by atoms with Crippen molar-refractivity contribution in [2.75, 3.05) is 13.2 Å². The van der Waals surface area contributed by atoms with Crippen LogP contribution in [0.15, 0.2) is 53.0 Å². The van der Waals surface area contributed by atoms with Crippen LogP contribution in [-0.4, -0.2) is 13.2 Å². The number of rotatable bonds is 4. The van der Waals surface area contributed by atoms with Crippen LogP contribution in [0.4, 0.5) is 0 Å². The van der Waals surface area contributed by atoms with Gasteiger partial charge in [-0.3, -0.25) is 0 Å². The van der Waals surface area contributed by atoms with Crippen molar-refractivity contribution in [3.05, 3.63) is 64.1 Å². The third kappa shape index (κ3) is 2.89. The van der Waals surface area contributed by atoms with Crippen molar-refractivity contribution >= 4 is 15.9 Å². The van der Waals surface area contributed by atoms with E-state index >= 15 is 0 Å². The molecule has 0 spiro atoms. The van der Waals surface area contributed by atoms with Gasteiger partial charge in [0.1, 0.15) is 5.75 Å². The van der Waals surface area contributed by atoms with E-state index in [1.165, 1.54) is 11.1 Å². The van der Waals surface area contributed by atoms with E-state index in [0.717, 1.165) is 23.4 Å². The highest BCUT2D eigenvalue weighted by atomic mass is 79.9. The molecule has 20 heavy (non-hydrogen) atoms. The predicted octanol–water partition coefficient (Wildman–Crippen LogP) is 4.28. The van der Waals surface area contributed by atoms with Crippen molar-refractivity contribution in [1.29, 1.82) is 0 Å². The molecule has 0 fully saturated rings. The first-order chi connectivity index (χ1) is 9.74. The second kappa shape index (κ2) is 5.98. The molecule has 0 saturated heterocycles. The lowest BCUT2D eigenvalue weighted by Crippen LogP contribution is -2.25. The Morgan fingerprint density at radius 3 is 2.75 bits per heavy atom. The van der Waals surface area contributed by atoms with E-state index in [-0.39, 0.29) is 0 Å². The Morgan fingerprint density at radius 1 is 1.20 bits per heavy atom. The highest BCUT2D eigenvalue weighted by Gasteiger charge is 2.23. The van der Waals surface area contributed by atoms with Crippen molar-refractivity contribution in [3.8, 4) is 5.75 Å².